The summed E-state index contributed by atoms with van der Waals surface area (Å²) in [7, 11) is 0. The number of hydrogen-bond acceptors (Lipinski definition) is 1. The van der Waals surface area contributed by atoms with Crippen LogP contribution in [0.15, 0.2) is 54.6 Å². The summed E-state index contributed by atoms with van der Waals surface area (Å²) in [5, 5.41) is 13.5. The molecule has 3 aromatic carbocycles. The number of aromatic hydroxyl groups is 1. The molecule has 3 aromatic rings. The number of hydrogen-bond donors (Lipinski definition) is 1. The van der Waals surface area contributed by atoms with Crippen molar-refractivity contribution < 1.29 is 5.11 Å². The summed E-state index contributed by atoms with van der Waals surface area (Å²) in [5.41, 5.74) is 5.48. The highest BCUT2D eigenvalue weighted by Crippen LogP contribution is 2.71. The average molecular weight is 328 g/mol. The van der Waals surface area contributed by atoms with Crippen molar-refractivity contribution in [3.8, 4) is 16.9 Å². The van der Waals surface area contributed by atoms with Crippen LogP contribution in [0, 0.1) is 5.41 Å². The molecule has 2 aliphatic carbocycles. The molecule has 1 fully saturated rings. The Kier molecular flexibility index (Phi) is 2.80. The maximum absolute atomic E-state index is 11.2. The zero-order valence-corrected chi connectivity index (χ0v) is 15.1. The maximum atomic E-state index is 11.2. The Morgan fingerprint density at radius 3 is 2.24 bits per heavy atom. The highest BCUT2D eigenvalue weighted by Gasteiger charge is 2.60. The lowest BCUT2D eigenvalue weighted by Crippen LogP contribution is -2.31. The van der Waals surface area contributed by atoms with E-state index in [1.807, 2.05) is 12.1 Å². The summed E-state index contributed by atoms with van der Waals surface area (Å²) in [6.07, 6.45) is 2.45. The molecule has 0 spiro atoms. The molecule has 0 saturated heterocycles. The molecule has 0 aliphatic heterocycles. The van der Waals surface area contributed by atoms with Crippen LogP contribution in [0.4, 0.5) is 0 Å². The van der Waals surface area contributed by atoms with Crippen LogP contribution in [0.25, 0.3) is 21.9 Å². The lowest BCUT2D eigenvalue weighted by Gasteiger charge is -2.36. The Labute approximate surface area is 149 Å². The van der Waals surface area contributed by atoms with Crippen LogP contribution in [0.3, 0.4) is 0 Å². The third-order valence-electron chi connectivity index (χ3n) is 7.42. The van der Waals surface area contributed by atoms with Gasteiger partial charge in [0.25, 0.3) is 0 Å². The van der Waals surface area contributed by atoms with E-state index in [0.29, 0.717) is 11.7 Å². The van der Waals surface area contributed by atoms with Crippen LogP contribution >= 0.6 is 0 Å². The van der Waals surface area contributed by atoms with Crippen molar-refractivity contribution in [2.75, 3.05) is 0 Å². The fourth-order valence-electron chi connectivity index (χ4n) is 5.73. The lowest BCUT2D eigenvalue weighted by molar-refractivity contribution is 0.232. The van der Waals surface area contributed by atoms with Gasteiger partial charge in [0.2, 0.25) is 0 Å². The number of phenolic OH excluding ortho intramolecular Hbond substituents is 1. The van der Waals surface area contributed by atoms with Gasteiger partial charge < -0.3 is 5.11 Å². The van der Waals surface area contributed by atoms with Crippen LogP contribution < -0.4 is 0 Å². The molecule has 1 saturated carbocycles. The highest BCUT2D eigenvalue weighted by atomic mass is 16.3. The molecule has 1 N–H and O–H groups in total. The van der Waals surface area contributed by atoms with E-state index < -0.39 is 0 Å². The van der Waals surface area contributed by atoms with Gasteiger partial charge >= 0.3 is 0 Å². The molecule has 0 radical (unpaired) electrons. The summed E-state index contributed by atoms with van der Waals surface area (Å²) in [6, 6.07) is 18.8. The van der Waals surface area contributed by atoms with Crippen molar-refractivity contribution in [1.82, 2.24) is 0 Å². The SMILES string of the molecule is CC1(C)[C@@H]2CC[C@]1(C)c1c2c(-c2ccccc2)c(O)c2ccccc12. The minimum atomic E-state index is 0.170. The van der Waals surface area contributed by atoms with E-state index >= 15 is 0 Å². The largest absolute Gasteiger partial charge is 0.507 e. The van der Waals surface area contributed by atoms with Gasteiger partial charge in [-0.05, 0) is 51.7 Å². The smallest absolute Gasteiger partial charge is 0.131 e. The molecular formula is C24H24O. The van der Waals surface area contributed by atoms with Crippen LogP contribution in [0.2, 0.25) is 0 Å². The maximum Gasteiger partial charge on any atom is 0.131 e. The third-order valence-corrected chi connectivity index (χ3v) is 7.42. The van der Waals surface area contributed by atoms with Crippen molar-refractivity contribution in [3.05, 3.63) is 65.7 Å². The van der Waals surface area contributed by atoms with Crippen molar-refractivity contribution in [1.29, 1.82) is 0 Å². The molecule has 0 aromatic heterocycles. The third kappa shape index (κ3) is 1.64. The van der Waals surface area contributed by atoms with E-state index in [1.54, 1.807) is 0 Å². The van der Waals surface area contributed by atoms with E-state index in [1.165, 1.54) is 29.4 Å². The Bertz CT molecular complexity index is 1000. The first-order valence-corrected chi connectivity index (χ1v) is 9.30. The van der Waals surface area contributed by atoms with Gasteiger partial charge in [-0.25, -0.2) is 0 Å². The minimum Gasteiger partial charge on any atom is -0.507 e. The first-order chi connectivity index (χ1) is 12.0. The van der Waals surface area contributed by atoms with E-state index in [4.69, 9.17) is 0 Å². The quantitative estimate of drug-likeness (QED) is 0.549. The number of phenols is 1. The van der Waals surface area contributed by atoms with Gasteiger partial charge in [0.05, 0.1) is 0 Å². The number of rotatable bonds is 1. The molecule has 2 bridgehead atoms. The van der Waals surface area contributed by atoms with E-state index in [2.05, 4.69) is 63.2 Å². The van der Waals surface area contributed by atoms with Crippen molar-refractivity contribution >= 4 is 10.8 Å². The Balaban J connectivity index is 2.00. The highest BCUT2D eigenvalue weighted by molar-refractivity contribution is 6.01. The monoisotopic (exact) mass is 328 g/mol. The van der Waals surface area contributed by atoms with E-state index in [-0.39, 0.29) is 10.8 Å². The minimum absolute atomic E-state index is 0.170. The first-order valence-electron chi connectivity index (χ1n) is 9.30. The fraction of sp³-hybridized carbons (Fsp3) is 0.333. The van der Waals surface area contributed by atoms with Crippen molar-refractivity contribution in [2.24, 2.45) is 5.41 Å². The van der Waals surface area contributed by atoms with Crippen LogP contribution in [0.5, 0.6) is 5.75 Å². The summed E-state index contributed by atoms with van der Waals surface area (Å²) in [4.78, 5) is 0. The van der Waals surface area contributed by atoms with Gasteiger partial charge in [-0.1, -0.05) is 75.4 Å². The molecule has 5 rings (SSSR count). The van der Waals surface area contributed by atoms with Gasteiger partial charge in [-0.3, -0.25) is 0 Å². The second kappa shape index (κ2) is 4.66. The molecular weight excluding hydrogens is 304 g/mol. The van der Waals surface area contributed by atoms with Crippen LogP contribution in [-0.4, -0.2) is 5.11 Å². The Hall–Kier alpha value is -2.28. The molecule has 2 atom stereocenters. The standard InChI is InChI=1S/C24H24O/c1-23(2)18-13-14-24(23,3)21-16-11-7-8-12-17(16)22(25)19(20(18)21)15-9-5-4-6-10-15/h4-12,18,25H,13-14H2,1-3H3/t18-,24-/m1/s1. The van der Waals surface area contributed by atoms with Crippen LogP contribution in [-0.2, 0) is 5.41 Å². The molecule has 126 valence electrons. The predicted octanol–water partition coefficient (Wildman–Crippen LogP) is 6.39. The second-order valence-corrected chi connectivity index (χ2v) is 8.57. The Morgan fingerprint density at radius 1 is 0.880 bits per heavy atom. The van der Waals surface area contributed by atoms with E-state index in [0.717, 1.165) is 16.5 Å². The van der Waals surface area contributed by atoms with Gasteiger partial charge in [-0.2, -0.15) is 0 Å². The van der Waals surface area contributed by atoms with Crippen molar-refractivity contribution in [3.63, 3.8) is 0 Å². The van der Waals surface area contributed by atoms with Crippen LogP contribution in [0.1, 0.15) is 50.7 Å². The van der Waals surface area contributed by atoms with Gasteiger partial charge in [-0.15, -0.1) is 0 Å². The molecule has 25 heavy (non-hydrogen) atoms. The van der Waals surface area contributed by atoms with Gasteiger partial charge in [0.1, 0.15) is 5.75 Å². The second-order valence-electron chi connectivity index (χ2n) is 8.57. The normalized spacial score (nSPS) is 26.1. The fourth-order valence-corrected chi connectivity index (χ4v) is 5.73. The van der Waals surface area contributed by atoms with Crippen molar-refractivity contribution in [2.45, 2.75) is 44.9 Å². The predicted molar refractivity (Wildman–Crippen MR) is 104 cm³/mol. The molecule has 2 aliphatic rings. The Morgan fingerprint density at radius 2 is 1.52 bits per heavy atom. The lowest BCUT2D eigenvalue weighted by atomic mass is 9.68. The summed E-state index contributed by atoms with van der Waals surface area (Å²) in [5.74, 6) is 0.964. The molecule has 1 heteroatoms. The van der Waals surface area contributed by atoms with Gasteiger partial charge in [0.15, 0.2) is 0 Å². The summed E-state index contributed by atoms with van der Waals surface area (Å²) in [6.45, 7) is 7.29. The zero-order valence-electron chi connectivity index (χ0n) is 15.1. The molecule has 1 nitrogen and oxygen atoms in total. The topological polar surface area (TPSA) is 20.2 Å². The van der Waals surface area contributed by atoms with E-state index in [9.17, 15) is 5.11 Å². The number of benzene rings is 3. The average Bonchev–Trinajstić information content (AvgIpc) is 2.95. The molecule has 0 amide bonds. The molecule has 0 heterocycles. The number of fused-ring (bicyclic) bond motifs is 7. The summed E-state index contributed by atoms with van der Waals surface area (Å²) < 4.78 is 0. The zero-order chi connectivity index (χ0) is 17.4. The van der Waals surface area contributed by atoms with Gasteiger partial charge in [0, 0.05) is 10.9 Å². The molecule has 0 unspecified atom stereocenters. The first kappa shape index (κ1) is 15.0. The summed E-state index contributed by atoms with van der Waals surface area (Å²) >= 11 is 0.